The molecule has 1 atom stereocenters. The Labute approximate surface area is 188 Å². The molecule has 2 rings (SSSR count). The fraction of sp³-hybridized carbons (Fsp3) is 0.409. The van der Waals surface area contributed by atoms with Crippen molar-refractivity contribution in [2.24, 2.45) is 20.7 Å². The Morgan fingerprint density at radius 2 is 2.12 bits per heavy atom. The third-order valence-corrected chi connectivity index (χ3v) is 4.33. The fourth-order valence-corrected chi connectivity index (χ4v) is 3.21. The Morgan fingerprint density at radius 1 is 1.41 bits per heavy atom. The molecule has 0 bridgehead atoms. The second-order valence-electron chi connectivity index (χ2n) is 7.91. The normalized spacial score (nSPS) is 13.8. The Hall–Kier alpha value is -3.87. The topological polar surface area (TPSA) is 134 Å². The van der Waals surface area contributed by atoms with Crippen LogP contribution >= 0.6 is 0 Å². The first-order valence-corrected chi connectivity index (χ1v) is 10.2. The molecule has 2 aromatic rings. The first-order chi connectivity index (χ1) is 15.1. The van der Waals surface area contributed by atoms with Gasteiger partial charge in [-0.1, -0.05) is 6.08 Å². The van der Waals surface area contributed by atoms with Crippen LogP contribution in [-0.4, -0.2) is 60.9 Å². The molecule has 0 saturated heterocycles. The second-order valence-corrected chi connectivity index (χ2v) is 7.91. The van der Waals surface area contributed by atoms with Crippen LogP contribution in [0.15, 0.2) is 46.1 Å². The standard InChI is InChI=1S/C22H30N10/c1-8-12-26-20(32(22(5,6)7)16(4)28-21(24)25-9-2)19-18(11-10-17(13-23)29-19)31-14-27-15(3)30-31/h8-11,14,16H,1,12H2,2-7H3,(H2,24,28)/b25-9-,26-20-. The summed E-state index contributed by atoms with van der Waals surface area (Å²) >= 11 is 0. The van der Waals surface area contributed by atoms with Crippen LogP contribution in [0, 0.1) is 18.3 Å². The van der Waals surface area contributed by atoms with Gasteiger partial charge < -0.3 is 10.6 Å². The van der Waals surface area contributed by atoms with E-state index in [1.165, 1.54) is 0 Å². The molecular weight excluding hydrogens is 404 g/mol. The molecule has 168 valence electrons. The van der Waals surface area contributed by atoms with Crippen molar-refractivity contribution in [2.75, 3.05) is 6.54 Å². The van der Waals surface area contributed by atoms with Gasteiger partial charge in [0, 0.05) is 11.8 Å². The zero-order chi connectivity index (χ0) is 23.9. The highest BCUT2D eigenvalue weighted by atomic mass is 15.4. The highest BCUT2D eigenvalue weighted by Crippen LogP contribution is 2.25. The maximum Gasteiger partial charge on any atom is 0.217 e. The Balaban J connectivity index is 2.80. The van der Waals surface area contributed by atoms with Crippen molar-refractivity contribution < 1.29 is 0 Å². The van der Waals surface area contributed by atoms with Crippen LogP contribution in [0.3, 0.4) is 0 Å². The summed E-state index contributed by atoms with van der Waals surface area (Å²) in [6, 6.07) is 5.52. The SMILES string of the molecule is C=CC/N=C(/c1nc(C#N)ccc1-n1cnc(C)n1)N(C(C)/N=C(N)\N=C/C)C(C)(C)C. The van der Waals surface area contributed by atoms with Crippen LogP contribution in [0.25, 0.3) is 5.69 Å². The highest BCUT2D eigenvalue weighted by Gasteiger charge is 2.33. The maximum absolute atomic E-state index is 9.50. The van der Waals surface area contributed by atoms with E-state index in [1.54, 1.807) is 49.3 Å². The van der Waals surface area contributed by atoms with Crippen molar-refractivity contribution in [1.29, 1.82) is 5.26 Å². The maximum atomic E-state index is 9.50. The van der Waals surface area contributed by atoms with Gasteiger partial charge in [-0.15, -0.1) is 6.58 Å². The van der Waals surface area contributed by atoms with Gasteiger partial charge in [0.2, 0.25) is 5.96 Å². The van der Waals surface area contributed by atoms with Crippen LogP contribution in [-0.2, 0) is 0 Å². The van der Waals surface area contributed by atoms with Crippen LogP contribution in [0.2, 0.25) is 0 Å². The highest BCUT2D eigenvalue weighted by molar-refractivity contribution is 6.01. The zero-order valence-corrected chi connectivity index (χ0v) is 19.5. The van der Waals surface area contributed by atoms with Crippen LogP contribution in [0.4, 0.5) is 0 Å². The van der Waals surface area contributed by atoms with E-state index in [4.69, 9.17) is 10.7 Å². The lowest BCUT2D eigenvalue weighted by Gasteiger charge is -2.41. The minimum atomic E-state index is -0.432. The molecule has 0 aliphatic rings. The summed E-state index contributed by atoms with van der Waals surface area (Å²) in [5, 5.41) is 13.9. The second kappa shape index (κ2) is 10.4. The van der Waals surface area contributed by atoms with Gasteiger partial charge in [-0.3, -0.25) is 4.99 Å². The third kappa shape index (κ3) is 5.85. The number of nitriles is 1. The van der Waals surface area contributed by atoms with E-state index in [-0.39, 0.29) is 11.7 Å². The van der Waals surface area contributed by atoms with E-state index in [9.17, 15) is 5.26 Å². The first kappa shape index (κ1) is 24.4. The van der Waals surface area contributed by atoms with Crippen LogP contribution in [0.5, 0.6) is 0 Å². The summed E-state index contributed by atoms with van der Waals surface area (Å²) in [6.45, 7) is 15.7. The van der Waals surface area contributed by atoms with E-state index < -0.39 is 11.7 Å². The zero-order valence-electron chi connectivity index (χ0n) is 19.5. The Bertz CT molecular complexity index is 1080. The number of hydrogen-bond donors (Lipinski definition) is 1. The molecular formula is C22H30N10. The van der Waals surface area contributed by atoms with E-state index in [0.29, 0.717) is 29.6 Å². The Kier molecular flexibility index (Phi) is 7.96. The molecule has 32 heavy (non-hydrogen) atoms. The van der Waals surface area contributed by atoms with Gasteiger partial charge in [-0.2, -0.15) is 10.4 Å². The van der Waals surface area contributed by atoms with Gasteiger partial charge >= 0.3 is 0 Å². The summed E-state index contributed by atoms with van der Waals surface area (Å²) in [7, 11) is 0. The lowest BCUT2D eigenvalue weighted by atomic mass is 10.0. The molecule has 10 nitrogen and oxygen atoms in total. The van der Waals surface area contributed by atoms with Crippen molar-refractivity contribution in [3.8, 4) is 11.8 Å². The Morgan fingerprint density at radius 3 is 2.66 bits per heavy atom. The van der Waals surface area contributed by atoms with Gasteiger partial charge in [0.15, 0.2) is 5.84 Å². The lowest BCUT2D eigenvalue weighted by molar-refractivity contribution is 0.189. The van der Waals surface area contributed by atoms with Gasteiger partial charge in [0.05, 0.1) is 12.2 Å². The summed E-state index contributed by atoms with van der Waals surface area (Å²) < 4.78 is 1.62. The molecule has 2 N–H and O–H groups in total. The molecule has 0 aliphatic carbocycles. The monoisotopic (exact) mass is 434 g/mol. The molecule has 1 unspecified atom stereocenters. The number of hydrogen-bond acceptors (Lipinski definition) is 6. The molecule has 0 saturated carbocycles. The van der Waals surface area contributed by atoms with Gasteiger partial charge in [0.1, 0.15) is 35.8 Å². The minimum Gasteiger partial charge on any atom is -0.368 e. The number of rotatable bonds is 6. The van der Waals surface area contributed by atoms with Crippen molar-refractivity contribution in [3.05, 3.63) is 48.3 Å². The molecule has 0 spiro atoms. The van der Waals surface area contributed by atoms with Gasteiger partial charge in [0.25, 0.3) is 0 Å². The number of nitrogens with zero attached hydrogens (tertiary/aromatic N) is 9. The molecule has 0 radical (unpaired) electrons. The number of aromatic nitrogens is 4. The van der Waals surface area contributed by atoms with Crippen molar-refractivity contribution in [2.45, 2.75) is 53.2 Å². The molecule has 2 heterocycles. The van der Waals surface area contributed by atoms with Crippen LogP contribution < -0.4 is 5.73 Å². The third-order valence-electron chi connectivity index (χ3n) is 4.33. The summed E-state index contributed by atoms with van der Waals surface area (Å²) in [5.74, 6) is 1.30. The van der Waals surface area contributed by atoms with E-state index in [1.807, 2.05) is 32.6 Å². The van der Waals surface area contributed by atoms with Gasteiger partial charge in [-0.25, -0.2) is 24.6 Å². The van der Waals surface area contributed by atoms with E-state index in [0.717, 1.165) is 0 Å². The number of aryl methyl sites for hydroxylation is 1. The molecule has 10 heteroatoms. The smallest absolute Gasteiger partial charge is 0.217 e. The first-order valence-electron chi connectivity index (χ1n) is 10.2. The average molecular weight is 435 g/mol. The molecule has 0 amide bonds. The van der Waals surface area contributed by atoms with Crippen molar-refractivity contribution in [3.63, 3.8) is 0 Å². The van der Waals surface area contributed by atoms with Gasteiger partial charge in [-0.05, 0) is 53.7 Å². The predicted molar refractivity (Wildman–Crippen MR) is 127 cm³/mol. The van der Waals surface area contributed by atoms with E-state index in [2.05, 4.69) is 37.7 Å². The van der Waals surface area contributed by atoms with Crippen molar-refractivity contribution in [1.82, 2.24) is 24.6 Å². The van der Waals surface area contributed by atoms with Crippen LogP contribution in [0.1, 0.15) is 51.8 Å². The van der Waals surface area contributed by atoms with Crippen molar-refractivity contribution >= 4 is 18.0 Å². The number of guanidine groups is 1. The molecule has 0 aromatic carbocycles. The number of amidine groups is 1. The number of pyridine rings is 1. The fourth-order valence-electron chi connectivity index (χ4n) is 3.21. The summed E-state index contributed by atoms with van der Waals surface area (Å²) in [4.78, 5) is 24.2. The average Bonchev–Trinajstić information content (AvgIpc) is 3.15. The predicted octanol–water partition coefficient (Wildman–Crippen LogP) is 2.63. The molecule has 0 aliphatic heterocycles. The van der Waals surface area contributed by atoms with E-state index >= 15 is 0 Å². The quantitative estimate of drug-likeness (QED) is 0.422. The number of nitrogens with two attached hydrogens (primary N) is 1. The largest absolute Gasteiger partial charge is 0.368 e. The molecule has 2 aromatic heterocycles. The summed E-state index contributed by atoms with van der Waals surface area (Å²) in [6.07, 6.45) is 4.45. The number of aliphatic imine (C=N–C) groups is 3. The molecule has 0 fully saturated rings. The lowest BCUT2D eigenvalue weighted by Crippen LogP contribution is -2.51. The minimum absolute atomic E-state index is 0.156. The summed E-state index contributed by atoms with van der Waals surface area (Å²) in [5.41, 5.74) is 6.90.